The first-order chi connectivity index (χ1) is 13.9. The van der Waals surface area contributed by atoms with Gasteiger partial charge in [0.2, 0.25) is 5.91 Å². The molecule has 0 spiro atoms. The molecule has 1 aliphatic heterocycles. The maximum absolute atomic E-state index is 13.6. The first-order valence-electron chi connectivity index (χ1n) is 10.7. The van der Waals surface area contributed by atoms with Crippen molar-refractivity contribution in [3.63, 3.8) is 0 Å². The Balaban J connectivity index is 0.00000320. The van der Waals surface area contributed by atoms with Crippen molar-refractivity contribution in [3.8, 4) is 0 Å². The van der Waals surface area contributed by atoms with Crippen LogP contribution in [0, 0.1) is 5.82 Å². The minimum absolute atomic E-state index is 0. The summed E-state index contributed by atoms with van der Waals surface area (Å²) in [6, 6.07) is 7.28. The number of likely N-dealkylation sites (tertiary alicyclic amines) is 1. The fourth-order valence-corrected chi connectivity index (χ4v) is 3.82. The van der Waals surface area contributed by atoms with Crippen molar-refractivity contribution in [1.29, 1.82) is 0 Å². The lowest BCUT2D eigenvalue weighted by atomic mass is 9.96. The van der Waals surface area contributed by atoms with E-state index in [0.717, 1.165) is 56.8 Å². The molecular formula is C22H35FIN5O. The number of carbonyl (C=O) groups excluding carboxylic acids is 1. The van der Waals surface area contributed by atoms with Gasteiger partial charge in [-0.3, -0.25) is 14.7 Å². The van der Waals surface area contributed by atoms with Gasteiger partial charge in [0.05, 0.1) is 13.1 Å². The Morgan fingerprint density at radius 3 is 2.57 bits per heavy atom. The zero-order valence-electron chi connectivity index (χ0n) is 18.3. The Labute approximate surface area is 196 Å². The van der Waals surface area contributed by atoms with Crippen LogP contribution in [0.5, 0.6) is 0 Å². The Kier molecular flexibility index (Phi) is 9.33. The normalized spacial score (nSPS) is 19.0. The Hall–Kier alpha value is -1.42. The molecule has 0 aromatic heterocycles. The molecule has 0 bridgehead atoms. The molecule has 3 rings (SSSR count). The number of nitrogens with one attached hydrogen (secondary N) is 2. The highest BCUT2D eigenvalue weighted by Gasteiger charge is 2.44. The van der Waals surface area contributed by atoms with Crippen LogP contribution in [-0.4, -0.2) is 74.5 Å². The van der Waals surface area contributed by atoms with Gasteiger partial charge in [0.1, 0.15) is 5.82 Å². The molecule has 2 fully saturated rings. The van der Waals surface area contributed by atoms with Gasteiger partial charge in [-0.25, -0.2) is 4.39 Å². The number of guanidine groups is 1. The largest absolute Gasteiger partial charge is 0.357 e. The quantitative estimate of drug-likeness (QED) is 0.323. The minimum atomic E-state index is -0.178. The summed E-state index contributed by atoms with van der Waals surface area (Å²) in [6.07, 6.45) is 4.08. The summed E-state index contributed by atoms with van der Waals surface area (Å²) < 4.78 is 13.6. The molecule has 1 aromatic carbocycles. The zero-order valence-corrected chi connectivity index (χ0v) is 20.6. The third-order valence-electron chi connectivity index (χ3n) is 5.96. The molecule has 1 aliphatic carbocycles. The van der Waals surface area contributed by atoms with Gasteiger partial charge in [-0.1, -0.05) is 12.1 Å². The number of halogens is 2. The number of nitrogens with zero attached hydrogens (tertiary/aromatic N) is 3. The van der Waals surface area contributed by atoms with Gasteiger partial charge in [-0.15, -0.1) is 24.0 Å². The van der Waals surface area contributed by atoms with Crippen molar-refractivity contribution in [2.24, 2.45) is 4.99 Å². The second kappa shape index (κ2) is 11.3. The van der Waals surface area contributed by atoms with Crippen molar-refractivity contribution >= 4 is 35.8 Å². The lowest BCUT2D eigenvalue weighted by molar-refractivity contribution is -0.130. The van der Waals surface area contributed by atoms with Gasteiger partial charge in [0.15, 0.2) is 5.96 Å². The van der Waals surface area contributed by atoms with Crippen molar-refractivity contribution in [1.82, 2.24) is 20.4 Å². The fourth-order valence-electron chi connectivity index (χ4n) is 3.82. The van der Waals surface area contributed by atoms with E-state index in [-0.39, 0.29) is 41.1 Å². The van der Waals surface area contributed by atoms with Crippen LogP contribution in [0.15, 0.2) is 29.3 Å². The van der Waals surface area contributed by atoms with E-state index in [1.807, 2.05) is 6.07 Å². The van der Waals surface area contributed by atoms with Crippen LogP contribution >= 0.6 is 24.0 Å². The average molecular weight is 531 g/mol. The highest BCUT2D eigenvalue weighted by molar-refractivity contribution is 14.0. The number of aliphatic imine (C=N–C) groups is 1. The summed E-state index contributed by atoms with van der Waals surface area (Å²) in [7, 11) is 3.60. The monoisotopic (exact) mass is 531 g/mol. The number of hydrogen-bond donors (Lipinski definition) is 2. The molecule has 2 aliphatic rings. The van der Waals surface area contributed by atoms with Crippen LogP contribution in [0.3, 0.4) is 0 Å². The summed E-state index contributed by atoms with van der Waals surface area (Å²) in [5, 5.41) is 6.90. The second-order valence-corrected chi connectivity index (χ2v) is 8.47. The molecule has 0 unspecified atom stereocenters. The van der Waals surface area contributed by atoms with Crippen molar-refractivity contribution in [2.75, 3.05) is 46.8 Å². The lowest BCUT2D eigenvalue weighted by Crippen LogP contribution is -2.50. The highest BCUT2D eigenvalue weighted by atomic mass is 127. The number of piperidine rings is 1. The molecule has 30 heavy (non-hydrogen) atoms. The average Bonchev–Trinajstić information content (AvgIpc) is 3.49. The molecule has 1 saturated heterocycles. The molecule has 1 heterocycles. The van der Waals surface area contributed by atoms with E-state index in [0.29, 0.717) is 19.1 Å². The van der Waals surface area contributed by atoms with Crippen LogP contribution in [0.25, 0.3) is 0 Å². The van der Waals surface area contributed by atoms with E-state index >= 15 is 0 Å². The van der Waals surface area contributed by atoms with Gasteiger partial charge in [0.25, 0.3) is 0 Å². The van der Waals surface area contributed by atoms with E-state index in [1.165, 1.54) is 6.07 Å². The molecular weight excluding hydrogens is 496 g/mol. The summed E-state index contributed by atoms with van der Waals surface area (Å²) in [4.78, 5) is 20.6. The number of carbonyl (C=O) groups is 1. The predicted octanol–water partition coefficient (Wildman–Crippen LogP) is 2.58. The van der Waals surface area contributed by atoms with E-state index in [4.69, 9.17) is 4.99 Å². The summed E-state index contributed by atoms with van der Waals surface area (Å²) in [6.45, 7) is 5.83. The van der Waals surface area contributed by atoms with Crippen LogP contribution in [-0.2, 0) is 10.2 Å². The number of rotatable bonds is 7. The lowest BCUT2D eigenvalue weighted by Gasteiger charge is -2.33. The van der Waals surface area contributed by atoms with E-state index in [1.54, 1.807) is 31.1 Å². The Morgan fingerprint density at radius 1 is 1.30 bits per heavy atom. The first-order valence-corrected chi connectivity index (χ1v) is 10.7. The summed E-state index contributed by atoms with van der Waals surface area (Å²) in [5.74, 6) is 0.804. The molecule has 6 nitrogen and oxygen atoms in total. The topological polar surface area (TPSA) is 60.0 Å². The molecule has 0 atom stereocenters. The zero-order chi connectivity index (χ0) is 20.9. The van der Waals surface area contributed by atoms with Crippen molar-refractivity contribution in [3.05, 3.63) is 35.6 Å². The number of amides is 1. The number of benzene rings is 1. The van der Waals surface area contributed by atoms with Crippen molar-refractivity contribution in [2.45, 2.75) is 44.1 Å². The van der Waals surface area contributed by atoms with Crippen LogP contribution in [0.4, 0.5) is 4.39 Å². The SMILES string of the molecule is CCNC(=NCC1(c2cccc(F)c2)CC1)NC1CCN(CC(=O)N(C)C)CC1.I. The molecule has 1 amide bonds. The third kappa shape index (κ3) is 6.80. The van der Waals surface area contributed by atoms with Crippen LogP contribution in [0.1, 0.15) is 38.2 Å². The van der Waals surface area contributed by atoms with Gasteiger partial charge in [0, 0.05) is 45.2 Å². The number of likely N-dealkylation sites (N-methyl/N-ethyl adjacent to an activating group) is 1. The van der Waals surface area contributed by atoms with Gasteiger partial charge in [-0.2, -0.15) is 0 Å². The van der Waals surface area contributed by atoms with Gasteiger partial charge >= 0.3 is 0 Å². The van der Waals surface area contributed by atoms with Gasteiger partial charge in [-0.05, 0) is 50.3 Å². The molecule has 8 heteroatoms. The number of hydrogen-bond acceptors (Lipinski definition) is 3. The van der Waals surface area contributed by atoms with E-state index in [9.17, 15) is 9.18 Å². The second-order valence-electron chi connectivity index (χ2n) is 8.47. The standard InChI is InChI=1S/C22H34FN5O.HI/c1-4-24-21(25-16-22(10-11-22)17-6-5-7-18(23)14-17)26-19-8-12-28(13-9-19)15-20(29)27(2)3;/h5-7,14,19H,4,8-13,15-16H2,1-3H3,(H2,24,25,26);1H. The fraction of sp³-hybridized carbons (Fsp3) is 0.636. The van der Waals surface area contributed by atoms with Crippen LogP contribution < -0.4 is 10.6 Å². The third-order valence-corrected chi connectivity index (χ3v) is 5.96. The predicted molar refractivity (Wildman–Crippen MR) is 130 cm³/mol. The first kappa shape index (κ1) is 24.8. The molecule has 0 radical (unpaired) electrons. The molecule has 168 valence electrons. The summed E-state index contributed by atoms with van der Waals surface area (Å²) in [5.41, 5.74) is 1.04. The van der Waals surface area contributed by atoms with E-state index in [2.05, 4.69) is 22.5 Å². The Morgan fingerprint density at radius 2 is 2.00 bits per heavy atom. The smallest absolute Gasteiger partial charge is 0.236 e. The summed E-state index contributed by atoms with van der Waals surface area (Å²) >= 11 is 0. The molecule has 2 N–H and O–H groups in total. The maximum atomic E-state index is 13.6. The van der Waals surface area contributed by atoms with Gasteiger partial charge < -0.3 is 15.5 Å². The molecule has 1 saturated carbocycles. The Bertz CT molecular complexity index is 730. The van der Waals surface area contributed by atoms with Crippen LogP contribution in [0.2, 0.25) is 0 Å². The highest BCUT2D eigenvalue weighted by Crippen LogP contribution is 2.48. The maximum Gasteiger partial charge on any atom is 0.236 e. The molecule has 1 aromatic rings. The van der Waals surface area contributed by atoms with Crippen molar-refractivity contribution < 1.29 is 9.18 Å². The minimum Gasteiger partial charge on any atom is -0.357 e. The van der Waals surface area contributed by atoms with E-state index < -0.39 is 0 Å².